The number of methoxy groups -OCH3 is 4. The zero-order chi connectivity index (χ0) is 102. The standard InChI is InChI=1S/C33H30F2N4O5.C24H20F2N4O3.C22H17ClF2N2O3.C10H13N3O2.C6H6N2O2.C4H9NO.C2H3BrO2/c1-42-23-8-7-21(29(16-23)43-2)18-39-19-28-30(33(39)41)22(15-27(37-28)31-24(34)4-3-5-25(31)35)14-20-6-9-26(36-17-20)32(40)38-10-12-44-13-11-38;25-16-2-1-3-17(26)22(16)19-11-15(21-20(29-19)13-28-23(21)31)10-14-4-5-18(27-12-14)24(32)30-6-8-33-9-7-30;1-29-13-7-6-12(19(8-13)30-2)10-27-11-18-20(22(27)28)14(23)9-17(26-18)21-15(24)4-3-5-16(21)25;11-8-1-2-9(12-7-8)10(14)13-3-5-15-6-4-13;7-4-1-2-5(6(9)10)8-3-4;1-3-6-4-2-5-1;1-2(4)5-3/h3-9,15-17H,10-14,18-19H2,1-2H3;1-5,11-12H,6-10,13H2,(H,28,31);3-9H,10-11H2,1-2H3;1-2,7H,3-6,11H2;1-3H,7H2,(H,9,10);5H,1-4H2;1H3. The van der Waals surface area contributed by atoms with Crippen molar-refractivity contribution in [3.63, 3.8) is 0 Å². The van der Waals surface area contributed by atoms with Crippen LogP contribution in [-0.2, 0) is 73.1 Å². The van der Waals surface area contributed by atoms with Crippen LogP contribution >= 0.6 is 27.9 Å². The number of carbonyl (C=O) groups is 8. The molecule has 12 aromatic rings. The minimum absolute atomic E-state index is 0.00852. The lowest BCUT2D eigenvalue weighted by Gasteiger charge is -2.26. The van der Waals surface area contributed by atoms with Gasteiger partial charge in [0.25, 0.3) is 35.4 Å². The topological polar surface area (TPSA) is 422 Å². The van der Waals surface area contributed by atoms with Crippen LogP contribution in [0, 0.1) is 34.9 Å². The van der Waals surface area contributed by atoms with E-state index in [0.29, 0.717) is 176 Å². The minimum Gasteiger partial charge on any atom is -0.497 e. The van der Waals surface area contributed by atoms with Crippen LogP contribution in [0.25, 0.3) is 33.8 Å². The number of aromatic carboxylic acids is 1. The molecule has 5 aromatic carbocycles. The van der Waals surface area contributed by atoms with Crippen LogP contribution in [0.5, 0.6) is 23.0 Å². The van der Waals surface area contributed by atoms with Crippen molar-refractivity contribution in [2.45, 2.75) is 52.5 Å². The lowest BCUT2D eigenvalue weighted by atomic mass is 9.97. The summed E-state index contributed by atoms with van der Waals surface area (Å²) in [5, 5.41) is 14.4. The maximum Gasteiger partial charge on any atom is 0.354 e. The third kappa shape index (κ3) is 27.2. The number of nitrogens with one attached hydrogen (secondary N) is 2. The largest absolute Gasteiger partial charge is 0.497 e. The van der Waals surface area contributed by atoms with Crippen LogP contribution in [0.3, 0.4) is 0 Å². The Labute approximate surface area is 830 Å². The van der Waals surface area contributed by atoms with Crippen LogP contribution in [0.15, 0.2) is 183 Å². The molecule has 0 radical (unpaired) electrons. The molecule has 7 aromatic heterocycles. The third-order valence-electron chi connectivity index (χ3n) is 22.8. The molecule has 42 heteroatoms. The maximum atomic E-state index is 14.9. The molecule has 19 rings (SSSR count). The van der Waals surface area contributed by atoms with E-state index in [4.69, 9.17) is 66.1 Å². The molecule has 143 heavy (non-hydrogen) atoms. The predicted molar refractivity (Wildman–Crippen MR) is 514 cm³/mol. The number of morpholine rings is 4. The zero-order valence-electron chi connectivity index (χ0n) is 78.0. The van der Waals surface area contributed by atoms with Crippen molar-refractivity contribution in [1.29, 1.82) is 0 Å². The Balaban J connectivity index is 0.000000155. The number of aromatic nitrogens is 7. The SMILES string of the molecule is C1COCCN1.CC(=O)OBr.COc1ccc(CN2Cc3nc(-c4c(F)cccc4F)cc(Cc4ccc(C(=O)N5CCOCC5)nc4)c3C2=O)c(OC)c1.COc1ccc(CN2Cc3nc(-c4c(F)cccc4F)cc(Cl)c3C2=O)c(OC)c1.Nc1ccc(C(=O)N2CCOCC2)nc1.Nc1ccc(C(=O)O)nc1.O=C1NCc2nc(-c3c(F)cccc3F)cc(Cc3ccc(C(=O)N4CCOCC4)nc3)c21. The van der Waals surface area contributed by atoms with Crippen LogP contribution in [0.2, 0.25) is 5.02 Å². The molecule has 14 heterocycles. The van der Waals surface area contributed by atoms with E-state index in [1.165, 1.54) is 93.2 Å². The molecule has 6 amide bonds. The van der Waals surface area contributed by atoms with E-state index in [1.807, 2.05) is 12.1 Å². The Morgan fingerprint density at radius 1 is 0.434 bits per heavy atom. The average molecular weight is 2050 g/mol. The summed E-state index contributed by atoms with van der Waals surface area (Å²) in [6.45, 7) is 12.6. The van der Waals surface area contributed by atoms with Gasteiger partial charge in [-0.3, -0.25) is 43.5 Å². The van der Waals surface area contributed by atoms with Gasteiger partial charge in [0.05, 0.1) is 210 Å². The fraction of sp³-hybridized carbons (Fsp3) is 0.277. The first-order valence-corrected chi connectivity index (χ1v) is 45.7. The second kappa shape index (κ2) is 50.3. The Bertz CT molecular complexity index is 6520. The molecule has 4 saturated heterocycles. The van der Waals surface area contributed by atoms with Gasteiger partial charge in [-0.15, -0.1) is 0 Å². The van der Waals surface area contributed by atoms with E-state index in [0.717, 1.165) is 60.7 Å². The van der Waals surface area contributed by atoms with Crippen molar-refractivity contribution in [2.24, 2.45) is 0 Å². The van der Waals surface area contributed by atoms with Gasteiger partial charge in [-0.1, -0.05) is 41.9 Å². The van der Waals surface area contributed by atoms with Crippen molar-refractivity contribution in [1.82, 2.24) is 70.0 Å². The molecule has 4 fully saturated rings. The van der Waals surface area contributed by atoms with Crippen molar-refractivity contribution >= 4 is 86.6 Å². The van der Waals surface area contributed by atoms with Crippen molar-refractivity contribution in [3.8, 4) is 56.8 Å². The number of carboxylic acids is 1. The third-order valence-corrected chi connectivity index (χ3v) is 23.6. The van der Waals surface area contributed by atoms with Gasteiger partial charge in [-0.25, -0.2) is 56.1 Å². The van der Waals surface area contributed by atoms with E-state index < -0.39 is 40.9 Å². The number of ether oxygens (including phenoxy) is 8. The Kier molecular flexibility index (Phi) is 37.0. The van der Waals surface area contributed by atoms with E-state index in [2.05, 4.69) is 65.6 Å². The highest BCUT2D eigenvalue weighted by Crippen LogP contribution is 2.40. The number of hydrogen-bond donors (Lipinski definition) is 5. The minimum atomic E-state index is -1.04. The molecule has 0 saturated carbocycles. The van der Waals surface area contributed by atoms with E-state index >= 15 is 0 Å². The smallest absolute Gasteiger partial charge is 0.354 e. The Morgan fingerprint density at radius 3 is 1.13 bits per heavy atom. The van der Waals surface area contributed by atoms with Crippen LogP contribution in [0.4, 0.5) is 37.7 Å². The van der Waals surface area contributed by atoms with Crippen LogP contribution in [0.1, 0.15) is 130 Å². The van der Waals surface area contributed by atoms with Gasteiger partial charge in [0, 0.05) is 94.9 Å². The molecule has 7 aliphatic heterocycles. The van der Waals surface area contributed by atoms with Gasteiger partial charge in [0.2, 0.25) is 0 Å². The fourth-order valence-corrected chi connectivity index (χ4v) is 16.0. The normalized spacial score (nSPS) is 14.3. The molecule has 0 atom stereocenters. The number of benzene rings is 5. The predicted octanol–water partition coefficient (Wildman–Crippen LogP) is 13.2. The summed E-state index contributed by atoms with van der Waals surface area (Å²) in [5.41, 5.74) is 18.8. The molecule has 0 aliphatic carbocycles. The summed E-state index contributed by atoms with van der Waals surface area (Å²) in [6, 6.07) is 38.9. The summed E-state index contributed by atoms with van der Waals surface area (Å²) >= 11 is 8.78. The second-order valence-corrected chi connectivity index (χ2v) is 33.0. The highest BCUT2D eigenvalue weighted by Gasteiger charge is 2.37. The number of carboxylic acid groups (broad SMARTS) is 1. The van der Waals surface area contributed by atoms with Crippen molar-refractivity contribution < 1.29 is 112 Å². The second-order valence-electron chi connectivity index (χ2n) is 32.3. The summed E-state index contributed by atoms with van der Waals surface area (Å²) in [4.78, 5) is 134. The number of amides is 6. The van der Waals surface area contributed by atoms with Crippen molar-refractivity contribution in [2.75, 3.05) is 145 Å². The van der Waals surface area contributed by atoms with Gasteiger partial charge >= 0.3 is 11.9 Å². The van der Waals surface area contributed by atoms with Crippen LogP contribution in [-0.4, -0.2) is 246 Å². The lowest BCUT2D eigenvalue weighted by molar-refractivity contribution is -0.129. The molecule has 746 valence electrons. The fourth-order valence-electron chi connectivity index (χ4n) is 15.7. The van der Waals surface area contributed by atoms with Gasteiger partial charge in [-0.2, -0.15) is 0 Å². The number of carbonyl (C=O) groups excluding carboxylic acids is 7. The van der Waals surface area contributed by atoms with Gasteiger partial charge < -0.3 is 93.4 Å². The first-order chi connectivity index (χ1) is 69.0. The number of anilines is 2. The molecule has 0 spiro atoms. The number of nitrogens with two attached hydrogens (primary N) is 2. The van der Waals surface area contributed by atoms with Gasteiger partial charge in [-0.05, 0) is 150 Å². The Morgan fingerprint density at radius 2 is 0.790 bits per heavy atom. The zero-order valence-corrected chi connectivity index (χ0v) is 80.4. The number of rotatable bonds is 19. The molecular formula is C101H98BrClF6N16O18. The molecule has 34 nitrogen and oxygen atoms in total. The number of halogens is 8. The van der Waals surface area contributed by atoms with Gasteiger partial charge in [0.15, 0.2) is 16.3 Å². The van der Waals surface area contributed by atoms with Crippen molar-refractivity contribution in [3.05, 3.63) is 312 Å². The number of hydrogen-bond acceptors (Lipinski definition) is 27. The molecular weight excluding hydrogens is 1950 g/mol. The van der Waals surface area contributed by atoms with Crippen LogP contribution < -0.4 is 41.0 Å². The molecule has 0 unspecified atom stereocenters. The summed E-state index contributed by atoms with van der Waals surface area (Å²) in [6.07, 6.45) is 6.50. The Hall–Kier alpha value is -15.1. The summed E-state index contributed by atoms with van der Waals surface area (Å²) < 4.78 is 133. The molecule has 0 bridgehead atoms. The average Bonchev–Trinajstić information content (AvgIpc) is 1.64. The monoisotopic (exact) mass is 2050 g/mol. The number of nitrogen functional groups attached to an aromatic ring is 2. The first-order valence-electron chi connectivity index (χ1n) is 44.7. The highest BCUT2D eigenvalue weighted by atomic mass is 79.9. The quantitative estimate of drug-likeness (QED) is 0.0469. The van der Waals surface area contributed by atoms with E-state index in [1.54, 1.807) is 125 Å². The number of fused-ring (bicyclic) bond motifs is 3. The number of nitrogens with zero attached hydrogens (tertiary/aromatic N) is 12. The van der Waals surface area contributed by atoms with E-state index in [-0.39, 0.29) is 131 Å². The number of pyridine rings is 7. The summed E-state index contributed by atoms with van der Waals surface area (Å²) in [7, 11) is 6.19. The lowest BCUT2D eigenvalue weighted by Crippen LogP contribution is -2.41. The van der Waals surface area contributed by atoms with E-state index in [9.17, 15) is 64.7 Å². The molecule has 7 aliphatic rings. The van der Waals surface area contributed by atoms with Gasteiger partial charge in [0.1, 0.15) is 80.7 Å². The maximum absolute atomic E-state index is 14.9. The molecule has 7 N–H and O–H groups in total. The first kappa shape index (κ1) is 105. The highest BCUT2D eigenvalue weighted by molar-refractivity contribution is 9.06. The summed E-state index contributed by atoms with van der Waals surface area (Å²) in [5.74, 6) is -4.66.